The van der Waals surface area contributed by atoms with Gasteiger partial charge in [0.05, 0.1) is 0 Å². The minimum Gasteiger partial charge on any atom is -0.507 e. The van der Waals surface area contributed by atoms with Gasteiger partial charge >= 0.3 is 16.2 Å². The van der Waals surface area contributed by atoms with Crippen molar-refractivity contribution in [2.75, 3.05) is 0 Å². The zero-order valence-electron chi connectivity index (χ0n) is 7.33. The normalized spacial score (nSPS) is 16.3. The second-order valence-corrected chi connectivity index (χ2v) is 5.36. The minimum absolute atomic E-state index is 0.0786. The number of rotatable bonds is 2. The fourth-order valence-electron chi connectivity index (χ4n) is 0.932. The molecule has 0 heterocycles. The van der Waals surface area contributed by atoms with Crippen LogP contribution in [0.4, 0.5) is 19.4 Å². The van der Waals surface area contributed by atoms with Crippen LogP contribution in [0.3, 0.4) is 0 Å². The van der Waals surface area contributed by atoms with E-state index in [1.165, 1.54) is 0 Å². The van der Waals surface area contributed by atoms with Gasteiger partial charge < -0.3 is 10.2 Å². The number of benzene rings is 1. The number of phenols is 1. The van der Waals surface area contributed by atoms with Gasteiger partial charge in [-0.3, -0.25) is 0 Å². The highest BCUT2D eigenvalue weighted by Gasteiger charge is 2.65. The SMILES string of the molecule is O=C(O)c1ccc(S(F)(F)(F)(F)F)cc1O. The molecule has 92 valence electrons. The van der Waals surface area contributed by atoms with Crippen LogP contribution in [0.25, 0.3) is 0 Å². The van der Waals surface area contributed by atoms with E-state index in [1.807, 2.05) is 0 Å². The molecule has 2 N–H and O–H groups in total. The second-order valence-electron chi connectivity index (χ2n) is 2.95. The summed E-state index contributed by atoms with van der Waals surface area (Å²) in [6.07, 6.45) is 0. The fourth-order valence-corrected chi connectivity index (χ4v) is 1.59. The van der Waals surface area contributed by atoms with Gasteiger partial charge in [0.15, 0.2) is 0 Å². The van der Waals surface area contributed by atoms with Gasteiger partial charge in [0.2, 0.25) is 0 Å². The van der Waals surface area contributed by atoms with Gasteiger partial charge in [0.1, 0.15) is 16.2 Å². The maximum atomic E-state index is 12.2. The predicted octanol–water partition coefficient (Wildman–Crippen LogP) is 3.75. The fraction of sp³-hybridized carbons (Fsp3) is 0. The van der Waals surface area contributed by atoms with E-state index in [2.05, 4.69) is 0 Å². The molecule has 0 saturated carbocycles. The number of carboxylic acid groups (broad SMARTS) is 1. The van der Waals surface area contributed by atoms with Gasteiger partial charge in [-0.2, -0.15) is 0 Å². The van der Waals surface area contributed by atoms with Gasteiger partial charge in [-0.25, -0.2) is 4.79 Å². The molecule has 0 aliphatic heterocycles. The number of aromatic carboxylic acids is 1. The molecule has 0 spiro atoms. The van der Waals surface area contributed by atoms with Crippen LogP contribution in [0, 0.1) is 0 Å². The lowest BCUT2D eigenvalue weighted by molar-refractivity contribution is 0.0693. The summed E-state index contributed by atoms with van der Waals surface area (Å²) in [7, 11) is -9.88. The monoisotopic (exact) mass is 264 g/mol. The Morgan fingerprint density at radius 1 is 1.12 bits per heavy atom. The van der Waals surface area contributed by atoms with Crippen molar-refractivity contribution in [1.82, 2.24) is 0 Å². The van der Waals surface area contributed by atoms with Crippen LogP contribution in [-0.2, 0) is 0 Å². The van der Waals surface area contributed by atoms with Gasteiger partial charge in [0.25, 0.3) is 0 Å². The molecule has 0 aromatic heterocycles. The summed E-state index contributed by atoms with van der Waals surface area (Å²) in [6, 6.07) is -0.110. The maximum Gasteiger partial charge on any atom is 0.339 e. The first-order chi connectivity index (χ1) is 6.81. The molecule has 0 aliphatic carbocycles. The Kier molecular flexibility index (Phi) is 2.04. The highest BCUT2D eigenvalue weighted by atomic mass is 32.5. The van der Waals surface area contributed by atoms with Crippen LogP contribution in [0.2, 0.25) is 0 Å². The van der Waals surface area contributed by atoms with Crippen molar-refractivity contribution >= 4 is 16.2 Å². The molecule has 0 fully saturated rings. The lowest BCUT2D eigenvalue weighted by Gasteiger charge is -2.40. The number of halogens is 5. The topological polar surface area (TPSA) is 57.5 Å². The molecule has 0 unspecified atom stereocenters. The Balaban J connectivity index is 3.45. The molecule has 16 heavy (non-hydrogen) atoms. The third kappa shape index (κ3) is 2.54. The van der Waals surface area contributed by atoms with Crippen LogP contribution < -0.4 is 0 Å². The minimum atomic E-state index is -9.88. The third-order valence-corrected chi connectivity index (χ3v) is 2.79. The van der Waals surface area contributed by atoms with Crippen LogP contribution >= 0.6 is 10.2 Å². The van der Waals surface area contributed by atoms with Crippen molar-refractivity contribution in [1.29, 1.82) is 0 Å². The largest absolute Gasteiger partial charge is 0.507 e. The zero-order chi connectivity index (χ0) is 12.8. The molecule has 0 aliphatic rings. The van der Waals surface area contributed by atoms with Gasteiger partial charge in [-0.15, -0.1) is 0 Å². The number of aromatic hydroxyl groups is 1. The number of hydrogen-bond acceptors (Lipinski definition) is 2. The van der Waals surface area contributed by atoms with Crippen molar-refractivity contribution in [3.05, 3.63) is 23.8 Å². The molecule has 0 amide bonds. The van der Waals surface area contributed by atoms with E-state index in [1.54, 1.807) is 0 Å². The second kappa shape index (κ2) is 2.59. The van der Waals surface area contributed by atoms with Crippen LogP contribution in [0.15, 0.2) is 23.1 Å². The van der Waals surface area contributed by atoms with E-state index < -0.39 is 32.4 Å². The first-order valence-corrected chi connectivity index (χ1v) is 5.57. The lowest BCUT2D eigenvalue weighted by atomic mass is 10.2. The average Bonchev–Trinajstić information content (AvgIpc) is 1.98. The van der Waals surface area contributed by atoms with E-state index in [0.717, 1.165) is 0 Å². The zero-order valence-corrected chi connectivity index (χ0v) is 8.15. The molecule has 0 radical (unpaired) electrons. The molecule has 0 bridgehead atoms. The molecular weight excluding hydrogens is 259 g/mol. The highest BCUT2D eigenvalue weighted by Crippen LogP contribution is 3.02. The summed E-state index contributed by atoms with van der Waals surface area (Å²) in [6.45, 7) is 0. The summed E-state index contributed by atoms with van der Waals surface area (Å²) in [5.74, 6) is -3.08. The summed E-state index contributed by atoms with van der Waals surface area (Å²) < 4.78 is 61.0. The lowest BCUT2D eigenvalue weighted by Crippen LogP contribution is -2.07. The third-order valence-electron chi connectivity index (χ3n) is 1.65. The Morgan fingerprint density at radius 3 is 1.94 bits per heavy atom. The first-order valence-electron chi connectivity index (χ1n) is 3.62. The van der Waals surface area contributed by atoms with Gasteiger partial charge in [-0.05, 0) is 12.1 Å². The molecule has 1 aromatic carbocycles. The van der Waals surface area contributed by atoms with Crippen LogP contribution in [0.5, 0.6) is 5.75 Å². The van der Waals surface area contributed by atoms with Crippen molar-refractivity contribution in [2.24, 2.45) is 0 Å². The molecule has 0 saturated heterocycles. The van der Waals surface area contributed by atoms with Crippen LogP contribution in [-0.4, -0.2) is 16.2 Å². The van der Waals surface area contributed by atoms with Crippen molar-refractivity contribution < 1.29 is 34.4 Å². The first kappa shape index (κ1) is 12.6. The standard InChI is InChI=1S/C7H5F5O3S/c8-16(9,10,11,12)4-1-2-5(7(14)15)6(13)3-4/h1-3,13H,(H,14,15). The molecular formula is C7H5F5O3S. The smallest absolute Gasteiger partial charge is 0.339 e. The summed E-state index contributed by atoms with van der Waals surface area (Å²) in [4.78, 5) is 7.99. The van der Waals surface area contributed by atoms with E-state index in [4.69, 9.17) is 10.2 Å². The summed E-state index contributed by atoms with van der Waals surface area (Å²) >= 11 is 0. The maximum absolute atomic E-state index is 12.2. The Labute approximate surface area is 85.8 Å². The van der Waals surface area contributed by atoms with E-state index >= 15 is 0 Å². The number of hydrogen-bond donors (Lipinski definition) is 2. The molecule has 1 aromatic rings. The molecule has 3 nitrogen and oxygen atoms in total. The summed E-state index contributed by atoms with van der Waals surface area (Å²) in [5, 5.41) is 17.2. The Bertz CT molecular complexity index is 466. The average molecular weight is 264 g/mol. The van der Waals surface area contributed by atoms with E-state index in [0.29, 0.717) is 0 Å². The Morgan fingerprint density at radius 2 is 1.62 bits per heavy atom. The Hall–Kier alpha value is -1.51. The van der Waals surface area contributed by atoms with Gasteiger partial charge in [0, 0.05) is 6.07 Å². The molecule has 0 atom stereocenters. The van der Waals surface area contributed by atoms with Crippen molar-refractivity contribution in [2.45, 2.75) is 4.90 Å². The number of carboxylic acids is 1. The number of carbonyl (C=O) groups is 1. The van der Waals surface area contributed by atoms with Crippen molar-refractivity contribution in [3.8, 4) is 5.75 Å². The van der Waals surface area contributed by atoms with E-state index in [-0.39, 0.29) is 18.2 Å². The van der Waals surface area contributed by atoms with Crippen LogP contribution in [0.1, 0.15) is 10.4 Å². The van der Waals surface area contributed by atoms with Crippen molar-refractivity contribution in [3.63, 3.8) is 0 Å². The molecule has 9 heteroatoms. The quantitative estimate of drug-likeness (QED) is 0.800. The highest BCUT2D eigenvalue weighted by molar-refractivity contribution is 8.45. The summed E-state index contributed by atoms with van der Waals surface area (Å²) in [5.41, 5.74) is -0.884. The van der Waals surface area contributed by atoms with Gasteiger partial charge in [-0.1, -0.05) is 19.4 Å². The molecule has 1 rings (SSSR count). The predicted molar refractivity (Wildman–Crippen MR) is 46.5 cm³/mol. The van der Waals surface area contributed by atoms with E-state index in [9.17, 15) is 24.2 Å².